The molecule has 0 bridgehead atoms. The molecule has 0 radical (unpaired) electrons. The third-order valence-corrected chi connectivity index (χ3v) is 12.5. The number of hydrogen-bond donors (Lipinski definition) is 0. The molecule has 9 rings (SSSR count). The first kappa shape index (κ1) is 38.0. The maximum absolute atomic E-state index is 5.33. The monoisotopic (exact) mass is 776 g/mol. The number of fused-ring (bicyclic) bond motifs is 4. The van der Waals surface area contributed by atoms with Gasteiger partial charge in [-0.05, 0) is 161 Å². The fourth-order valence-corrected chi connectivity index (χ4v) is 9.90. The van der Waals surface area contributed by atoms with Crippen LogP contribution in [-0.4, -0.2) is 16.3 Å². The smallest absolute Gasteiger partial charge is 0.361 e. The summed E-state index contributed by atoms with van der Waals surface area (Å²) in [5.74, 6) is 14.5. The van der Waals surface area contributed by atoms with Crippen molar-refractivity contribution in [3.8, 4) is 56.3 Å². The molecule has 0 aliphatic heterocycles. The summed E-state index contributed by atoms with van der Waals surface area (Å²) in [6, 6.07) is 46.3. The Morgan fingerprint density at radius 1 is 0.508 bits per heavy atom. The van der Waals surface area contributed by atoms with E-state index in [1.54, 1.807) is 11.3 Å². The summed E-state index contributed by atoms with van der Waals surface area (Å²) in [7, 11) is 0. The third-order valence-electron chi connectivity index (χ3n) is 11.4. The van der Waals surface area contributed by atoms with Crippen LogP contribution in [0.4, 0.5) is 0 Å². The molecule has 59 heavy (non-hydrogen) atoms. The summed E-state index contributed by atoms with van der Waals surface area (Å²) in [5.41, 5.74) is 21.1. The highest BCUT2D eigenvalue weighted by atomic mass is 32.1. The Kier molecular flexibility index (Phi) is 9.85. The van der Waals surface area contributed by atoms with Gasteiger partial charge < -0.3 is 4.48 Å². The average molecular weight is 777 g/mol. The molecular formula is C55H45BN2S. The minimum absolute atomic E-state index is 0.479. The van der Waals surface area contributed by atoms with Crippen LogP contribution in [-0.2, 0) is 0 Å². The molecule has 9 aromatic rings. The van der Waals surface area contributed by atoms with E-state index in [9.17, 15) is 0 Å². The van der Waals surface area contributed by atoms with Gasteiger partial charge >= 0.3 is 6.85 Å². The Hall–Kier alpha value is -6.59. The molecule has 0 unspecified atom stereocenters. The Morgan fingerprint density at radius 3 is 1.59 bits per heavy atom. The van der Waals surface area contributed by atoms with Crippen molar-refractivity contribution in [3.63, 3.8) is 0 Å². The standard InChI is InChI=1S/C55H45BN2S/c1-34-13-17-42(18-14-34)23-25-56(26-24-43-19-15-35(2)16-20-43)58-50-22-21-44(52-38(5)27-36(3)28-39(52)6)31-46(50)47-32-45(53-40(7)29-37(4)30-41(53)8)33-48(54(47)58)55-57-49-11-9-10-12-51(49)59-55/h9-22,27-33H,1-8H3. The lowest BCUT2D eigenvalue weighted by atomic mass is 9.63. The summed E-state index contributed by atoms with van der Waals surface area (Å²) in [4.78, 5) is 5.33. The number of hydrogen-bond acceptors (Lipinski definition) is 2. The zero-order valence-corrected chi connectivity index (χ0v) is 35.8. The minimum Gasteiger partial charge on any atom is -0.361 e. The molecule has 0 spiro atoms. The number of thiazole rings is 1. The van der Waals surface area contributed by atoms with Crippen molar-refractivity contribution in [1.82, 2.24) is 9.46 Å². The molecule has 2 aromatic heterocycles. The molecular weight excluding hydrogens is 731 g/mol. The van der Waals surface area contributed by atoms with E-state index < -0.39 is 6.85 Å². The lowest BCUT2D eigenvalue weighted by molar-refractivity contribution is 1.32. The van der Waals surface area contributed by atoms with Gasteiger partial charge in [-0.1, -0.05) is 101 Å². The highest BCUT2D eigenvalue weighted by Gasteiger charge is 2.26. The molecule has 0 fully saturated rings. The van der Waals surface area contributed by atoms with Crippen LogP contribution in [0.15, 0.2) is 127 Å². The van der Waals surface area contributed by atoms with Gasteiger partial charge in [0.05, 0.1) is 10.2 Å². The Bertz CT molecular complexity index is 3100. The van der Waals surface area contributed by atoms with Crippen molar-refractivity contribution >= 4 is 50.2 Å². The molecule has 0 amide bonds. The first-order valence-corrected chi connectivity index (χ1v) is 21.1. The van der Waals surface area contributed by atoms with Crippen molar-refractivity contribution in [1.29, 1.82) is 0 Å². The first-order valence-electron chi connectivity index (χ1n) is 20.3. The fourth-order valence-electron chi connectivity index (χ4n) is 8.91. The van der Waals surface area contributed by atoms with E-state index in [1.165, 1.54) is 72.1 Å². The molecule has 0 saturated heterocycles. The highest BCUT2D eigenvalue weighted by Crippen LogP contribution is 2.44. The molecule has 0 aliphatic rings. The van der Waals surface area contributed by atoms with E-state index in [-0.39, 0.29) is 0 Å². The minimum atomic E-state index is -0.479. The van der Waals surface area contributed by atoms with Crippen LogP contribution in [0.2, 0.25) is 0 Å². The van der Waals surface area contributed by atoms with Gasteiger partial charge in [-0.25, -0.2) is 4.98 Å². The second-order valence-electron chi connectivity index (χ2n) is 16.2. The molecule has 4 heteroatoms. The third kappa shape index (κ3) is 7.27. The van der Waals surface area contributed by atoms with Gasteiger partial charge in [0.25, 0.3) is 0 Å². The second-order valence-corrected chi connectivity index (χ2v) is 17.3. The SMILES string of the molecule is Cc1ccc(C#CB(C#Cc2ccc(C)cc2)n2c3ccc(-c4c(C)cc(C)cc4C)cc3c3cc(-c4c(C)cc(C)cc4C)cc(-c4nc5ccccc5s4)c32)cc1. The van der Waals surface area contributed by atoms with Crippen molar-refractivity contribution < 1.29 is 0 Å². The van der Waals surface area contributed by atoms with Crippen LogP contribution >= 0.6 is 11.3 Å². The average Bonchev–Trinajstić information content (AvgIpc) is 3.78. The predicted molar refractivity (Wildman–Crippen MR) is 255 cm³/mol. The second kappa shape index (κ2) is 15.3. The number of benzene rings is 7. The van der Waals surface area contributed by atoms with Gasteiger partial charge in [0.1, 0.15) is 5.01 Å². The van der Waals surface area contributed by atoms with Gasteiger partial charge in [0.2, 0.25) is 0 Å². The number of rotatable bonds is 4. The van der Waals surface area contributed by atoms with Crippen LogP contribution in [0.25, 0.3) is 64.8 Å². The van der Waals surface area contributed by atoms with Gasteiger partial charge in [-0.3, -0.25) is 0 Å². The van der Waals surface area contributed by atoms with Crippen molar-refractivity contribution in [2.75, 3.05) is 0 Å². The molecule has 2 nitrogen and oxygen atoms in total. The normalized spacial score (nSPS) is 11.1. The molecule has 0 aliphatic carbocycles. The van der Waals surface area contributed by atoms with Crippen LogP contribution in [0, 0.1) is 78.9 Å². The van der Waals surface area contributed by atoms with Crippen LogP contribution < -0.4 is 0 Å². The van der Waals surface area contributed by atoms with Crippen molar-refractivity contribution in [2.24, 2.45) is 0 Å². The van der Waals surface area contributed by atoms with E-state index in [2.05, 4.69) is 211 Å². The maximum Gasteiger partial charge on any atom is 0.434 e. The molecule has 7 aromatic carbocycles. The quantitative estimate of drug-likeness (QED) is 0.129. The van der Waals surface area contributed by atoms with E-state index >= 15 is 0 Å². The largest absolute Gasteiger partial charge is 0.434 e. The van der Waals surface area contributed by atoms with E-state index in [4.69, 9.17) is 4.98 Å². The lowest BCUT2D eigenvalue weighted by Gasteiger charge is -2.15. The van der Waals surface area contributed by atoms with Crippen molar-refractivity contribution in [2.45, 2.75) is 55.4 Å². The molecule has 2 heterocycles. The first-order chi connectivity index (χ1) is 28.5. The zero-order chi connectivity index (χ0) is 40.9. The highest BCUT2D eigenvalue weighted by molar-refractivity contribution is 7.21. The summed E-state index contributed by atoms with van der Waals surface area (Å²) >= 11 is 1.74. The van der Waals surface area contributed by atoms with Gasteiger partial charge in [-0.15, -0.1) is 23.0 Å². The number of nitrogens with zero attached hydrogens (tertiary/aromatic N) is 2. The van der Waals surface area contributed by atoms with Crippen molar-refractivity contribution in [3.05, 3.63) is 183 Å². The molecule has 0 saturated carbocycles. The van der Waals surface area contributed by atoms with Crippen LogP contribution in [0.5, 0.6) is 0 Å². The topological polar surface area (TPSA) is 17.8 Å². The Balaban J connectivity index is 1.42. The van der Waals surface area contributed by atoms with E-state index in [0.717, 1.165) is 48.3 Å². The van der Waals surface area contributed by atoms with Crippen LogP contribution in [0.1, 0.15) is 55.6 Å². The van der Waals surface area contributed by atoms with Gasteiger partial charge in [0, 0.05) is 38.5 Å². The molecule has 0 atom stereocenters. The van der Waals surface area contributed by atoms with E-state index in [0.29, 0.717) is 0 Å². The van der Waals surface area contributed by atoms with Gasteiger partial charge in [-0.2, -0.15) is 0 Å². The predicted octanol–water partition coefficient (Wildman–Crippen LogP) is 13.9. The molecule has 0 N–H and O–H groups in total. The summed E-state index contributed by atoms with van der Waals surface area (Å²) in [6.07, 6.45) is 0. The lowest BCUT2D eigenvalue weighted by Crippen LogP contribution is -2.21. The summed E-state index contributed by atoms with van der Waals surface area (Å²) in [5, 5.41) is 3.31. The Morgan fingerprint density at radius 2 is 1.03 bits per heavy atom. The fraction of sp³-hybridized carbons (Fsp3) is 0.145. The summed E-state index contributed by atoms with van der Waals surface area (Å²) in [6.45, 7) is 17.0. The number of aromatic nitrogens is 2. The molecule has 284 valence electrons. The zero-order valence-electron chi connectivity index (χ0n) is 35.0. The summed E-state index contributed by atoms with van der Waals surface area (Å²) < 4.78 is 3.56. The van der Waals surface area contributed by atoms with Gasteiger partial charge in [0.15, 0.2) is 0 Å². The van der Waals surface area contributed by atoms with Crippen LogP contribution in [0.3, 0.4) is 0 Å². The van der Waals surface area contributed by atoms with E-state index in [1.807, 2.05) is 0 Å². The number of para-hydroxylation sites is 1. The Labute approximate surface area is 352 Å². The maximum atomic E-state index is 5.33. The number of aryl methyl sites for hydroxylation is 8.